The summed E-state index contributed by atoms with van der Waals surface area (Å²) in [7, 11) is 0. The number of hydrogen-bond acceptors (Lipinski definition) is 5. The maximum Gasteiger partial charge on any atom is 0.238 e. The molecule has 132 valence electrons. The van der Waals surface area contributed by atoms with Gasteiger partial charge >= 0.3 is 0 Å². The van der Waals surface area contributed by atoms with Gasteiger partial charge in [0.2, 0.25) is 5.91 Å². The number of aryl methyl sites for hydroxylation is 1. The summed E-state index contributed by atoms with van der Waals surface area (Å²) in [6, 6.07) is 12.5. The molecule has 0 spiro atoms. The highest BCUT2D eigenvalue weighted by atomic mass is 32.1. The molecule has 2 aliphatic heterocycles. The van der Waals surface area contributed by atoms with Crippen LogP contribution >= 0.6 is 11.3 Å². The Balaban J connectivity index is 1.33. The minimum atomic E-state index is -0.216. The van der Waals surface area contributed by atoms with Crippen molar-refractivity contribution in [1.82, 2.24) is 16.2 Å². The van der Waals surface area contributed by atoms with Gasteiger partial charge < -0.3 is 10.1 Å². The van der Waals surface area contributed by atoms with Crippen molar-refractivity contribution in [3.05, 3.63) is 57.3 Å². The number of thiophene rings is 1. The Labute approximate surface area is 151 Å². The lowest BCUT2D eigenvalue weighted by Crippen LogP contribution is -2.44. The van der Waals surface area contributed by atoms with Crippen molar-refractivity contribution in [2.24, 2.45) is 0 Å². The van der Waals surface area contributed by atoms with Gasteiger partial charge in [-0.2, -0.15) is 0 Å². The van der Waals surface area contributed by atoms with Crippen LogP contribution in [0.15, 0.2) is 36.4 Å². The zero-order chi connectivity index (χ0) is 17.2. The Morgan fingerprint density at radius 3 is 3.00 bits per heavy atom. The van der Waals surface area contributed by atoms with E-state index in [0.717, 1.165) is 12.8 Å². The Morgan fingerprint density at radius 2 is 2.16 bits per heavy atom. The quantitative estimate of drug-likeness (QED) is 0.786. The minimum absolute atomic E-state index is 0.0231. The molecular weight excluding hydrogens is 334 g/mol. The first-order chi connectivity index (χ1) is 12.2. The van der Waals surface area contributed by atoms with Gasteiger partial charge in [0.05, 0.1) is 12.6 Å². The van der Waals surface area contributed by atoms with E-state index in [9.17, 15) is 4.79 Å². The van der Waals surface area contributed by atoms with E-state index in [2.05, 4.69) is 53.4 Å². The van der Waals surface area contributed by atoms with E-state index in [4.69, 9.17) is 4.74 Å². The van der Waals surface area contributed by atoms with Gasteiger partial charge in [-0.15, -0.1) is 11.3 Å². The highest BCUT2D eigenvalue weighted by Crippen LogP contribution is 2.29. The average Bonchev–Trinajstić information content (AvgIpc) is 3.28. The number of fused-ring (bicyclic) bond motifs is 1. The van der Waals surface area contributed by atoms with Crippen LogP contribution in [0.4, 0.5) is 0 Å². The van der Waals surface area contributed by atoms with E-state index in [0.29, 0.717) is 13.2 Å². The smallest absolute Gasteiger partial charge is 0.238 e. The van der Waals surface area contributed by atoms with Gasteiger partial charge in [0.15, 0.2) is 0 Å². The maximum atomic E-state index is 12.5. The molecule has 0 saturated carbocycles. The van der Waals surface area contributed by atoms with Crippen molar-refractivity contribution in [3.63, 3.8) is 0 Å². The number of carbonyl (C=O) groups excluding carboxylic acids is 1. The largest absolute Gasteiger partial charge is 0.371 e. The minimum Gasteiger partial charge on any atom is -0.371 e. The van der Waals surface area contributed by atoms with Gasteiger partial charge in [0.25, 0.3) is 0 Å². The molecule has 3 heterocycles. The normalized spacial score (nSPS) is 25.6. The van der Waals surface area contributed by atoms with E-state index in [1.165, 1.54) is 20.9 Å². The molecule has 1 saturated heterocycles. The summed E-state index contributed by atoms with van der Waals surface area (Å²) in [6.45, 7) is 3.32. The van der Waals surface area contributed by atoms with E-state index in [1.807, 2.05) is 6.07 Å². The van der Waals surface area contributed by atoms with E-state index in [1.54, 1.807) is 11.3 Å². The third-order valence-electron chi connectivity index (χ3n) is 4.88. The average molecular weight is 357 g/mol. The molecular formula is C19H23N3O2S. The summed E-state index contributed by atoms with van der Waals surface area (Å²) >= 11 is 1.77. The van der Waals surface area contributed by atoms with Gasteiger partial charge in [-0.1, -0.05) is 24.3 Å². The van der Waals surface area contributed by atoms with Gasteiger partial charge in [-0.3, -0.25) is 4.79 Å². The van der Waals surface area contributed by atoms with Crippen LogP contribution in [-0.2, 0) is 16.0 Å². The fourth-order valence-corrected chi connectivity index (χ4v) is 4.46. The van der Waals surface area contributed by atoms with Crippen LogP contribution in [0.25, 0.3) is 0 Å². The lowest BCUT2D eigenvalue weighted by Gasteiger charge is -2.26. The number of nitrogens with one attached hydrogen (secondary N) is 3. The summed E-state index contributed by atoms with van der Waals surface area (Å²) in [5, 5.41) is 3.05. The molecule has 2 aromatic rings. The Morgan fingerprint density at radius 1 is 1.28 bits per heavy atom. The lowest BCUT2D eigenvalue weighted by molar-refractivity contribution is -0.123. The molecule has 3 unspecified atom stereocenters. The molecule has 0 radical (unpaired) electrons. The predicted octanol–water partition coefficient (Wildman–Crippen LogP) is 2.39. The van der Waals surface area contributed by atoms with Gasteiger partial charge in [-0.25, -0.2) is 10.9 Å². The van der Waals surface area contributed by atoms with Gasteiger partial charge in [-0.05, 0) is 43.0 Å². The molecule has 3 N–H and O–H groups in total. The molecule has 1 fully saturated rings. The number of hydrazine groups is 1. The van der Waals surface area contributed by atoms with Crippen molar-refractivity contribution >= 4 is 17.2 Å². The zero-order valence-corrected chi connectivity index (χ0v) is 15.1. The number of ether oxygens (including phenoxy) is 1. The highest BCUT2D eigenvalue weighted by Gasteiger charge is 2.31. The molecule has 5 nitrogen and oxygen atoms in total. The molecule has 6 heteroatoms. The Bertz CT molecular complexity index is 761. The number of carbonyl (C=O) groups is 1. The van der Waals surface area contributed by atoms with Crippen molar-refractivity contribution in [3.8, 4) is 0 Å². The van der Waals surface area contributed by atoms with Crippen molar-refractivity contribution in [1.29, 1.82) is 0 Å². The van der Waals surface area contributed by atoms with Crippen LogP contribution in [0.2, 0.25) is 0 Å². The SMILES string of the molecule is Cc1ccc(C2CC(C(=O)NCC3OCCc4ccccc43)NN2)s1. The van der Waals surface area contributed by atoms with Gasteiger partial charge in [0.1, 0.15) is 12.1 Å². The fraction of sp³-hybridized carbons (Fsp3) is 0.421. The molecule has 0 aliphatic carbocycles. The summed E-state index contributed by atoms with van der Waals surface area (Å²) in [6.07, 6.45) is 1.64. The number of amides is 1. The number of rotatable bonds is 4. The molecule has 1 aromatic carbocycles. The van der Waals surface area contributed by atoms with E-state index < -0.39 is 0 Å². The third kappa shape index (κ3) is 3.62. The molecule has 1 amide bonds. The zero-order valence-electron chi connectivity index (χ0n) is 14.2. The van der Waals surface area contributed by atoms with Crippen LogP contribution in [-0.4, -0.2) is 25.1 Å². The molecule has 3 atom stereocenters. The Hall–Kier alpha value is -1.73. The van der Waals surface area contributed by atoms with Crippen LogP contribution in [0.5, 0.6) is 0 Å². The third-order valence-corrected chi connectivity index (χ3v) is 5.99. The summed E-state index contributed by atoms with van der Waals surface area (Å²) < 4.78 is 5.86. The Kier molecular flexibility index (Phi) is 4.85. The van der Waals surface area contributed by atoms with E-state index in [-0.39, 0.29) is 24.1 Å². The second kappa shape index (κ2) is 7.25. The lowest BCUT2D eigenvalue weighted by atomic mass is 9.97. The first kappa shape index (κ1) is 16.7. The molecule has 2 aliphatic rings. The maximum absolute atomic E-state index is 12.5. The molecule has 1 aromatic heterocycles. The highest BCUT2D eigenvalue weighted by molar-refractivity contribution is 7.12. The first-order valence-electron chi connectivity index (χ1n) is 8.75. The standard InChI is InChI=1S/C19H23N3O2S/c1-12-6-7-18(25-12)15-10-16(22-21-15)19(23)20-11-17-14-5-3-2-4-13(14)8-9-24-17/h2-7,15-17,21-22H,8-11H2,1H3,(H,20,23). The second-order valence-electron chi connectivity index (χ2n) is 6.63. The molecule has 25 heavy (non-hydrogen) atoms. The van der Waals surface area contributed by atoms with Gasteiger partial charge in [0, 0.05) is 16.3 Å². The van der Waals surface area contributed by atoms with Crippen molar-refractivity contribution in [2.75, 3.05) is 13.2 Å². The summed E-state index contributed by atoms with van der Waals surface area (Å²) in [5.74, 6) is 0.0231. The topological polar surface area (TPSA) is 62.4 Å². The monoisotopic (exact) mass is 357 g/mol. The van der Waals surface area contributed by atoms with Crippen molar-refractivity contribution in [2.45, 2.75) is 38.0 Å². The van der Waals surface area contributed by atoms with Crippen LogP contribution in [0.3, 0.4) is 0 Å². The molecule has 4 rings (SSSR count). The molecule has 0 bridgehead atoms. The fourth-order valence-electron chi connectivity index (χ4n) is 3.52. The predicted molar refractivity (Wildman–Crippen MR) is 98.3 cm³/mol. The summed E-state index contributed by atoms with van der Waals surface area (Å²) in [4.78, 5) is 15.1. The van der Waals surface area contributed by atoms with Crippen molar-refractivity contribution < 1.29 is 9.53 Å². The van der Waals surface area contributed by atoms with Crippen LogP contribution in [0.1, 0.15) is 39.4 Å². The summed E-state index contributed by atoms with van der Waals surface area (Å²) in [5.41, 5.74) is 8.88. The second-order valence-corrected chi connectivity index (χ2v) is 7.95. The number of benzene rings is 1. The number of hydrogen-bond donors (Lipinski definition) is 3. The van der Waals surface area contributed by atoms with E-state index >= 15 is 0 Å². The first-order valence-corrected chi connectivity index (χ1v) is 9.57. The van der Waals surface area contributed by atoms with Crippen LogP contribution in [0, 0.1) is 6.92 Å². The van der Waals surface area contributed by atoms with Crippen LogP contribution < -0.4 is 16.2 Å².